The molecule has 1 fully saturated rings. The highest BCUT2D eigenvalue weighted by Crippen LogP contribution is 2.29. The van der Waals surface area contributed by atoms with Crippen molar-refractivity contribution in [3.05, 3.63) is 34.9 Å². The number of nitrogens with two attached hydrogens (primary N) is 1. The number of piperazine rings is 1. The van der Waals surface area contributed by atoms with Gasteiger partial charge in [-0.05, 0) is 42.9 Å². The number of aliphatic hydroxyl groups excluding tert-OH is 1. The molecule has 3 N–H and O–H groups in total. The van der Waals surface area contributed by atoms with E-state index in [2.05, 4.69) is 14.5 Å². The van der Waals surface area contributed by atoms with Crippen molar-refractivity contribution in [1.82, 2.24) is 14.7 Å². The van der Waals surface area contributed by atoms with E-state index >= 15 is 0 Å². The Morgan fingerprint density at radius 1 is 1.08 bits per heavy atom. The van der Waals surface area contributed by atoms with Gasteiger partial charge in [0.25, 0.3) is 5.91 Å². The maximum atomic E-state index is 13.0. The summed E-state index contributed by atoms with van der Waals surface area (Å²) in [5, 5.41) is 8.96. The number of primary amides is 1. The Labute approximate surface area is 213 Å². The first-order valence-electron chi connectivity index (χ1n) is 12.9. The number of carbonyl (C=O) groups is 3. The van der Waals surface area contributed by atoms with Crippen LogP contribution in [-0.4, -0.2) is 110 Å². The van der Waals surface area contributed by atoms with Gasteiger partial charge in [-0.3, -0.25) is 19.3 Å². The van der Waals surface area contributed by atoms with Crippen molar-refractivity contribution >= 4 is 17.8 Å². The number of nitrogens with zero attached hydrogens (tertiary/aromatic N) is 3. The molecule has 0 bridgehead atoms. The van der Waals surface area contributed by atoms with Crippen molar-refractivity contribution in [2.24, 2.45) is 5.73 Å². The molecule has 1 aromatic rings. The molecule has 3 rings (SSSR count). The largest absolute Gasteiger partial charge is 0.469 e. The van der Waals surface area contributed by atoms with Crippen LogP contribution in [0.15, 0.2) is 18.2 Å². The third-order valence-corrected chi connectivity index (χ3v) is 7.03. The number of ether oxygens (including phenoxy) is 2. The van der Waals surface area contributed by atoms with Gasteiger partial charge < -0.3 is 30.1 Å². The molecule has 0 saturated carbocycles. The second-order valence-corrected chi connectivity index (χ2v) is 9.39. The van der Waals surface area contributed by atoms with Crippen LogP contribution in [-0.2, 0) is 32.0 Å². The van der Waals surface area contributed by atoms with Crippen molar-refractivity contribution in [3.63, 3.8) is 0 Å². The molecule has 10 heteroatoms. The van der Waals surface area contributed by atoms with Crippen LogP contribution in [0.1, 0.15) is 47.2 Å². The summed E-state index contributed by atoms with van der Waals surface area (Å²) in [6.45, 7) is 7.90. The highest BCUT2D eigenvalue weighted by molar-refractivity contribution is 6.01. The zero-order valence-corrected chi connectivity index (χ0v) is 21.3. The van der Waals surface area contributed by atoms with E-state index in [1.807, 2.05) is 12.1 Å². The van der Waals surface area contributed by atoms with Gasteiger partial charge in [0.05, 0.1) is 13.7 Å². The summed E-state index contributed by atoms with van der Waals surface area (Å²) >= 11 is 0. The molecule has 2 aliphatic heterocycles. The maximum absolute atomic E-state index is 13.0. The lowest BCUT2D eigenvalue weighted by Crippen LogP contribution is -2.47. The lowest BCUT2D eigenvalue weighted by Gasteiger charge is -2.34. The normalized spacial score (nSPS) is 17.3. The lowest BCUT2D eigenvalue weighted by molar-refractivity contribution is -0.141. The number of amides is 2. The molecule has 200 valence electrons. The number of aryl methyl sites for hydroxylation is 1. The first kappa shape index (κ1) is 28.0. The van der Waals surface area contributed by atoms with E-state index in [9.17, 15) is 14.4 Å². The summed E-state index contributed by atoms with van der Waals surface area (Å²) in [4.78, 5) is 42.9. The standard InChI is InChI=1S/C26H40N4O6/c1-35-24(32)9-8-23(25(27)33)30-19-22-20(5-2-7-21(22)26(30)34)6-3-17-36-18-15-29-13-11-28(12-14-29)10-4-16-31/h2,5,7,23,31H,3-4,6,8-19H2,1H3,(H2,27,33). The number of aliphatic hydroxyl groups is 1. The highest BCUT2D eigenvalue weighted by Gasteiger charge is 2.36. The van der Waals surface area contributed by atoms with Crippen LogP contribution in [0.2, 0.25) is 0 Å². The number of carbonyl (C=O) groups excluding carboxylic acids is 3. The van der Waals surface area contributed by atoms with Crippen molar-refractivity contribution < 1.29 is 29.0 Å². The topological polar surface area (TPSA) is 126 Å². The molecule has 2 aliphatic rings. The van der Waals surface area contributed by atoms with Gasteiger partial charge >= 0.3 is 5.97 Å². The molecule has 36 heavy (non-hydrogen) atoms. The second-order valence-electron chi connectivity index (χ2n) is 9.39. The average Bonchev–Trinajstić information content (AvgIpc) is 3.22. The molecular formula is C26H40N4O6. The fraction of sp³-hybridized carbons (Fsp3) is 0.654. The molecule has 10 nitrogen and oxygen atoms in total. The molecule has 2 heterocycles. The Balaban J connectivity index is 1.42. The summed E-state index contributed by atoms with van der Waals surface area (Å²) in [6.07, 6.45) is 2.61. The number of esters is 1. The fourth-order valence-corrected chi connectivity index (χ4v) is 4.90. The van der Waals surface area contributed by atoms with Crippen molar-refractivity contribution in [2.45, 2.75) is 44.7 Å². The minimum atomic E-state index is -0.850. The van der Waals surface area contributed by atoms with Gasteiger partial charge in [0.15, 0.2) is 0 Å². The zero-order chi connectivity index (χ0) is 25.9. The molecule has 0 radical (unpaired) electrons. The minimum absolute atomic E-state index is 0.0217. The van der Waals surface area contributed by atoms with Crippen LogP contribution in [0.25, 0.3) is 0 Å². The summed E-state index contributed by atoms with van der Waals surface area (Å²) in [5.74, 6) is -1.29. The zero-order valence-electron chi connectivity index (χ0n) is 21.3. The molecule has 1 atom stereocenters. The Hall–Kier alpha value is -2.53. The third-order valence-electron chi connectivity index (χ3n) is 7.03. The van der Waals surface area contributed by atoms with Crippen LogP contribution in [0.4, 0.5) is 0 Å². The van der Waals surface area contributed by atoms with E-state index in [1.165, 1.54) is 12.0 Å². The van der Waals surface area contributed by atoms with Gasteiger partial charge in [0.1, 0.15) is 6.04 Å². The van der Waals surface area contributed by atoms with Crippen molar-refractivity contribution in [1.29, 1.82) is 0 Å². The Bertz CT molecular complexity index is 887. The Kier molecular flexibility index (Phi) is 11.1. The number of hydrogen-bond acceptors (Lipinski definition) is 8. The van der Waals surface area contributed by atoms with Crippen LogP contribution >= 0.6 is 0 Å². The van der Waals surface area contributed by atoms with E-state index < -0.39 is 17.9 Å². The van der Waals surface area contributed by atoms with E-state index in [-0.39, 0.29) is 25.4 Å². The summed E-state index contributed by atoms with van der Waals surface area (Å²) in [7, 11) is 1.29. The Morgan fingerprint density at radius 2 is 1.81 bits per heavy atom. The van der Waals surface area contributed by atoms with E-state index in [0.29, 0.717) is 25.3 Å². The molecule has 1 saturated heterocycles. The highest BCUT2D eigenvalue weighted by atomic mass is 16.5. The van der Waals surface area contributed by atoms with Crippen LogP contribution in [0.5, 0.6) is 0 Å². The van der Waals surface area contributed by atoms with Crippen molar-refractivity contribution in [2.75, 3.05) is 66.2 Å². The fourth-order valence-electron chi connectivity index (χ4n) is 4.90. The van der Waals surface area contributed by atoms with Gasteiger partial charge in [0, 0.05) is 71.0 Å². The molecule has 0 spiro atoms. The molecule has 1 aromatic carbocycles. The third kappa shape index (κ3) is 7.73. The summed E-state index contributed by atoms with van der Waals surface area (Å²) < 4.78 is 10.5. The van der Waals surface area contributed by atoms with Gasteiger partial charge in [-0.2, -0.15) is 0 Å². The number of hydrogen-bond donors (Lipinski definition) is 2. The quantitative estimate of drug-likeness (QED) is 0.260. The summed E-state index contributed by atoms with van der Waals surface area (Å²) in [6, 6.07) is 4.81. The van der Waals surface area contributed by atoms with Crippen LogP contribution in [0, 0.1) is 0 Å². The minimum Gasteiger partial charge on any atom is -0.469 e. The molecule has 2 amide bonds. The number of methoxy groups -OCH3 is 1. The SMILES string of the molecule is COC(=O)CCC(C(N)=O)N1Cc2c(CCCOCCN3CCN(CCCO)CC3)cccc2C1=O. The number of benzene rings is 1. The van der Waals surface area contributed by atoms with Gasteiger partial charge in [-0.1, -0.05) is 12.1 Å². The second kappa shape index (κ2) is 14.3. The molecule has 0 aliphatic carbocycles. The van der Waals surface area contributed by atoms with E-state index in [1.54, 1.807) is 6.07 Å². The molecular weight excluding hydrogens is 464 g/mol. The van der Waals surface area contributed by atoms with Crippen LogP contribution < -0.4 is 5.73 Å². The predicted octanol–water partition coefficient (Wildman–Crippen LogP) is 0.399. The first-order valence-corrected chi connectivity index (χ1v) is 12.9. The maximum Gasteiger partial charge on any atom is 0.305 e. The molecule has 0 aromatic heterocycles. The van der Waals surface area contributed by atoms with E-state index in [0.717, 1.165) is 69.7 Å². The first-order chi connectivity index (χ1) is 17.4. The average molecular weight is 505 g/mol. The van der Waals surface area contributed by atoms with Gasteiger partial charge in [-0.15, -0.1) is 0 Å². The van der Waals surface area contributed by atoms with E-state index in [4.69, 9.17) is 15.6 Å². The Morgan fingerprint density at radius 3 is 2.47 bits per heavy atom. The lowest BCUT2D eigenvalue weighted by atomic mass is 10.00. The number of fused-ring (bicyclic) bond motifs is 1. The predicted molar refractivity (Wildman–Crippen MR) is 134 cm³/mol. The number of rotatable bonds is 15. The van der Waals surface area contributed by atoms with Crippen molar-refractivity contribution in [3.8, 4) is 0 Å². The van der Waals surface area contributed by atoms with Crippen LogP contribution in [0.3, 0.4) is 0 Å². The smallest absolute Gasteiger partial charge is 0.305 e. The van der Waals surface area contributed by atoms with Gasteiger partial charge in [0.2, 0.25) is 5.91 Å². The summed E-state index contributed by atoms with van der Waals surface area (Å²) in [5.41, 5.74) is 8.16. The molecule has 1 unspecified atom stereocenters. The monoisotopic (exact) mass is 504 g/mol. The van der Waals surface area contributed by atoms with Gasteiger partial charge in [-0.25, -0.2) is 0 Å².